The minimum absolute atomic E-state index is 0.268. The van der Waals surface area contributed by atoms with Gasteiger partial charge in [-0.3, -0.25) is 4.79 Å². The van der Waals surface area contributed by atoms with E-state index in [0.717, 1.165) is 0 Å². The van der Waals surface area contributed by atoms with Crippen molar-refractivity contribution in [1.82, 2.24) is 5.32 Å². The Morgan fingerprint density at radius 2 is 2.05 bits per heavy atom. The van der Waals surface area contributed by atoms with Gasteiger partial charge in [0, 0.05) is 20.3 Å². The quantitative estimate of drug-likeness (QED) is 0.693. The predicted octanol–water partition coefficient (Wildman–Crippen LogP) is 1.46. The minimum Gasteiger partial charge on any atom is -0.382 e. The van der Waals surface area contributed by atoms with Crippen molar-refractivity contribution < 1.29 is 14.3 Å². The van der Waals surface area contributed by atoms with Gasteiger partial charge in [-0.1, -0.05) is 30.3 Å². The number of methoxy groups -OCH3 is 1. The second-order valence-corrected chi connectivity index (χ2v) is 4.22. The van der Waals surface area contributed by atoms with Crippen molar-refractivity contribution in [3.05, 3.63) is 35.9 Å². The zero-order valence-electron chi connectivity index (χ0n) is 11.7. The zero-order valence-corrected chi connectivity index (χ0v) is 11.7. The van der Waals surface area contributed by atoms with Crippen LogP contribution in [0, 0.1) is 11.3 Å². The molecule has 5 heteroatoms. The molecule has 0 saturated carbocycles. The Morgan fingerprint density at radius 1 is 1.30 bits per heavy atom. The molecule has 20 heavy (non-hydrogen) atoms. The third-order valence-corrected chi connectivity index (χ3v) is 2.72. The molecule has 1 aromatic carbocycles. The van der Waals surface area contributed by atoms with Crippen molar-refractivity contribution in [1.29, 1.82) is 5.26 Å². The fourth-order valence-corrected chi connectivity index (χ4v) is 1.66. The van der Waals surface area contributed by atoms with Gasteiger partial charge in [0.1, 0.15) is 5.92 Å². The molecule has 0 aliphatic heterocycles. The third kappa shape index (κ3) is 5.83. The van der Waals surface area contributed by atoms with Crippen LogP contribution in [0.5, 0.6) is 0 Å². The van der Waals surface area contributed by atoms with Crippen molar-refractivity contribution in [2.75, 3.05) is 33.5 Å². The van der Waals surface area contributed by atoms with E-state index in [9.17, 15) is 4.79 Å². The summed E-state index contributed by atoms with van der Waals surface area (Å²) in [4.78, 5) is 11.9. The molecule has 1 atom stereocenters. The molecule has 0 bridgehead atoms. The highest BCUT2D eigenvalue weighted by Gasteiger charge is 2.18. The van der Waals surface area contributed by atoms with E-state index in [1.807, 2.05) is 24.3 Å². The van der Waals surface area contributed by atoms with Gasteiger partial charge >= 0.3 is 0 Å². The summed E-state index contributed by atoms with van der Waals surface area (Å²) < 4.78 is 10.1. The smallest absolute Gasteiger partial charge is 0.241 e. The van der Waals surface area contributed by atoms with Crippen LogP contribution in [0.3, 0.4) is 0 Å². The Hall–Kier alpha value is -1.90. The fourth-order valence-electron chi connectivity index (χ4n) is 1.66. The molecule has 0 aliphatic rings. The summed E-state index contributed by atoms with van der Waals surface area (Å²) in [6.45, 7) is 2.18. The van der Waals surface area contributed by atoms with Gasteiger partial charge < -0.3 is 14.8 Å². The number of nitrogens with one attached hydrogen (secondary N) is 1. The average Bonchev–Trinajstić information content (AvgIpc) is 2.48. The summed E-state index contributed by atoms with van der Waals surface area (Å²) in [6.07, 6.45) is 0.711. The molecule has 1 N–H and O–H groups in total. The Balaban J connectivity index is 2.26. The summed E-state index contributed by atoms with van der Waals surface area (Å²) in [5.41, 5.74) is 0.712. The minimum atomic E-state index is -0.759. The molecule has 5 nitrogen and oxygen atoms in total. The summed E-state index contributed by atoms with van der Waals surface area (Å²) in [6, 6.07) is 11.1. The molecule has 0 aliphatic carbocycles. The Kier molecular flexibility index (Phi) is 8.04. The largest absolute Gasteiger partial charge is 0.382 e. The molecular weight excluding hydrogens is 256 g/mol. The monoisotopic (exact) mass is 276 g/mol. The van der Waals surface area contributed by atoms with Crippen molar-refractivity contribution in [3.8, 4) is 6.07 Å². The van der Waals surface area contributed by atoms with Crippen LogP contribution in [0.15, 0.2) is 30.3 Å². The molecule has 0 spiro atoms. The first kappa shape index (κ1) is 16.2. The van der Waals surface area contributed by atoms with Crippen molar-refractivity contribution in [2.45, 2.75) is 12.3 Å². The number of nitrogens with zero attached hydrogens (tertiary/aromatic N) is 1. The van der Waals surface area contributed by atoms with Crippen LogP contribution < -0.4 is 5.32 Å². The van der Waals surface area contributed by atoms with E-state index in [-0.39, 0.29) is 5.91 Å². The number of hydrogen-bond donors (Lipinski definition) is 1. The third-order valence-electron chi connectivity index (χ3n) is 2.72. The Bertz CT molecular complexity index is 428. The van der Waals surface area contributed by atoms with Gasteiger partial charge in [0.05, 0.1) is 19.3 Å². The molecule has 0 saturated heterocycles. The number of amides is 1. The van der Waals surface area contributed by atoms with Crippen LogP contribution in [0.2, 0.25) is 0 Å². The number of carbonyl (C=O) groups excluding carboxylic acids is 1. The van der Waals surface area contributed by atoms with Crippen LogP contribution >= 0.6 is 0 Å². The van der Waals surface area contributed by atoms with E-state index in [0.29, 0.717) is 38.3 Å². The lowest BCUT2D eigenvalue weighted by molar-refractivity contribution is -0.121. The molecule has 1 rings (SSSR count). The van der Waals surface area contributed by atoms with Gasteiger partial charge in [0.15, 0.2) is 0 Å². The second kappa shape index (κ2) is 9.96. The molecule has 0 fully saturated rings. The highest BCUT2D eigenvalue weighted by Crippen LogP contribution is 2.14. The number of benzene rings is 1. The lowest BCUT2D eigenvalue weighted by Crippen LogP contribution is -2.30. The summed E-state index contributed by atoms with van der Waals surface area (Å²) in [7, 11) is 1.62. The topological polar surface area (TPSA) is 71.3 Å². The molecule has 1 unspecified atom stereocenters. The van der Waals surface area contributed by atoms with Crippen LogP contribution in [-0.4, -0.2) is 39.4 Å². The lowest BCUT2D eigenvalue weighted by Gasteiger charge is -2.10. The number of nitriles is 1. The Labute approximate surface area is 119 Å². The maximum atomic E-state index is 11.9. The van der Waals surface area contributed by atoms with Crippen LogP contribution in [0.25, 0.3) is 0 Å². The van der Waals surface area contributed by atoms with E-state index < -0.39 is 5.92 Å². The first-order valence-electron chi connectivity index (χ1n) is 6.58. The maximum absolute atomic E-state index is 11.9. The number of rotatable bonds is 9. The van der Waals surface area contributed by atoms with Crippen LogP contribution in [-0.2, 0) is 14.3 Å². The van der Waals surface area contributed by atoms with Crippen LogP contribution in [0.4, 0.5) is 0 Å². The molecule has 1 amide bonds. The van der Waals surface area contributed by atoms with E-state index >= 15 is 0 Å². The van der Waals surface area contributed by atoms with Crippen molar-refractivity contribution >= 4 is 5.91 Å². The van der Waals surface area contributed by atoms with E-state index in [1.165, 1.54) is 0 Å². The Morgan fingerprint density at radius 3 is 2.70 bits per heavy atom. The average molecular weight is 276 g/mol. The van der Waals surface area contributed by atoms with Crippen molar-refractivity contribution in [3.63, 3.8) is 0 Å². The predicted molar refractivity (Wildman–Crippen MR) is 75.1 cm³/mol. The molecule has 0 aromatic heterocycles. The highest BCUT2D eigenvalue weighted by molar-refractivity contribution is 5.86. The number of hydrogen-bond acceptors (Lipinski definition) is 4. The summed E-state index contributed by atoms with van der Waals surface area (Å²) in [5.74, 6) is -1.03. The number of ether oxygens (including phenoxy) is 2. The molecular formula is C15H20N2O3. The van der Waals surface area contributed by atoms with E-state index in [1.54, 1.807) is 19.2 Å². The van der Waals surface area contributed by atoms with Gasteiger partial charge in [-0.2, -0.15) is 5.26 Å². The van der Waals surface area contributed by atoms with Crippen LogP contribution in [0.1, 0.15) is 17.9 Å². The second-order valence-electron chi connectivity index (χ2n) is 4.22. The summed E-state index contributed by atoms with van der Waals surface area (Å²) >= 11 is 0. The van der Waals surface area contributed by atoms with E-state index in [4.69, 9.17) is 14.7 Å². The lowest BCUT2D eigenvalue weighted by atomic mass is 10.00. The molecule has 0 radical (unpaired) electrons. The number of carbonyl (C=O) groups is 1. The normalized spacial score (nSPS) is 11.6. The molecule has 0 heterocycles. The first-order chi connectivity index (χ1) is 9.79. The van der Waals surface area contributed by atoms with Gasteiger partial charge in [0.25, 0.3) is 0 Å². The van der Waals surface area contributed by atoms with Crippen molar-refractivity contribution in [2.24, 2.45) is 0 Å². The van der Waals surface area contributed by atoms with Gasteiger partial charge in [0.2, 0.25) is 5.91 Å². The van der Waals surface area contributed by atoms with E-state index in [2.05, 4.69) is 5.32 Å². The van der Waals surface area contributed by atoms with Gasteiger partial charge in [-0.05, 0) is 12.0 Å². The zero-order chi connectivity index (χ0) is 14.6. The molecule has 1 aromatic rings. The van der Waals surface area contributed by atoms with Gasteiger partial charge in [-0.15, -0.1) is 0 Å². The molecule has 108 valence electrons. The highest BCUT2D eigenvalue weighted by atomic mass is 16.5. The summed E-state index contributed by atoms with van der Waals surface area (Å²) in [5, 5.41) is 11.9. The van der Waals surface area contributed by atoms with Gasteiger partial charge in [-0.25, -0.2) is 0 Å². The first-order valence-corrected chi connectivity index (χ1v) is 6.58. The standard InChI is InChI=1S/C15H20N2O3/c1-19-10-11-20-9-5-8-17-15(18)14(12-16)13-6-3-2-4-7-13/h2-4,6-7,14H,5,8-11H2,1H3,(H,17,18). The fraction of sp³-hybridized carbons (Fsp3) is 0.467. The maximum Gasteiger partial charge on any atom is 0.241 e. The SMILES string of the molecule is COCCOCCCNC(=O)C(C#N)c1ccccc1.